The molecule has 1 aliphatic heterocycles. The fourth-order valence-electron chi connectivity index (χ4n) is 3.46. The van der Waals surface area contributed by atoms with Gasteiger partial charge in [0.1, 0.15) is 16.8 Å². The molecule has 2 amide bonds. The minimum absolute atomic E-state index is 0.0533. The molecule has 1 saturated heterocycles. The van der Waals surface area contributed by atoms with Crippen LogP contribution < -0.4 is 10.1 Å². The number of methoxy groups -OCH3 is 1. The van der Waals surface area contributed by atoms with Gasteiger partial charge in [-0.3, -0.25) is 14.5 Å². The van der Waals surface area contributed by atoms with Gasteiger partial charge in [-0.1, -0.05) is 23.9 Å². The molecule has 184 valence electrons. The van der Waals surface area contributed by atoms with Gasteiger partial charge in [0.05, 0.1) is 24.9 Å². The summed E-state index contributed by atoms with van der Waals surface area (Å²) in [6.07, 6.45) is -0.0533. The standard InChI is InChI=1S/C26H22FN3O5S/c1-35-21-12-2-16(3-13-21)15-30-23(31)14-22(36-26(30)29-20-10-6-18(27)7-11-20)24(32)28-19-8-4-17(5-9-19)25(33)34/h2-13,22H,14-15H2,1H3,(H,28,32)(H,33,34)/t22-/m1/s1. The molecule has 3 aromatic rings. The van der Waals surface area contributed by atoms with E-state index in [9.17, 15) is 18.8 Å². The largest absolute Gasteiger partial charge is 0.497 e. The van der Waals surface area contributed by atoms with Gasteiger partial charge in [-0.05, 0) is 66.2 Å². The van der Waals surface area contributed by atoms with Crippen molar-refractivity contribution in [3.63, 3.8) is 0 Å². The highest BCUT2D eigenvalue weighted by molar-refractivity contribution is 8.15. The average Bonchev–Trinajstić information content (AvgIpc) is 2.88. The number of amides is 2. The number of carboxylic acid groups (broad SMARTS) is 1. The monoisotopic (exact) mass is 507 g/mol. The summed E-state index contributed by atoms with van der Waals surface area (Å²) in [5, 5.41) is 11.3. The molecule has 0 bridgehead atoms. The molecule has 1 fully saturated rings. The van der Waals surface area contributed by atoms with Gasteiger partial charge in [-0.2, -0.15) is 0 Å². The van der Waals surface area contributed by atoms with Crippen molar-refractivity contribution in [2.75, 3.05) is 12.4 Å². The van der Waals surface area contributed by atoms with Crippen molar-refractivity contribution in [2.24, 2.45) is 4.99 Å². The van der Waals surface area contributed by atoms with Gasteiger partial charge in [-0.15, -0.1) is 0 Å². The predicted octanol–water partition coefficient (Wildman–Crippen LogP) is 4.69. The molecule has 36 heavy (non-hydrogen) atoms. The second kappa shape index (κ2) is 11.0. The SMILES string of the molecule is COc1ccc(CN2C(=O)C[C@H](C(=O)Nc3ccc(C(=O)O)cc3)SC2=Nc2ccc(F)cc2)cc1. The van der Waals surface area contributed by atoms with Crippen LogP contribution in [-0.4, -0.2) is 45.3 Å². The van der Waals surface area contributed by atoms with Crippen molar-refractivity contribution < 1.29 is 28.6 Å². The van der Waals surface area contributed by atoms with Crippen LogP contribution in [0.15, 0.2) is 77.8 Å². The van der Waals surface area contributed by atoms with E-state index in [1.54, 1.807) is 19.2 Å². The summed E-state index contributed by atoms with van der Waals surface area (Å²) in [6.45, 7) is 0.237. The lowest BCUT2D eigenvalue weighted by Gasteiger charge is -2.32. The van der Waals surface area contributed by atoms with Crippen molar-refractivity contribution >= 4 is 46.1 Å². The first kappa shape index (κ1) is 24.9. The molecule has 0 unspecified atom stereocenters. The van der Waals surface area contributed by atoms with Crippen molar-refractivity contribution in [3.8, 4) is 5.75 Å². The number of hydrogen-bond acceptors (Lipinski definition) is 6. The fourth-order valence-corrected chi connectivity index (χ4v) is 4.55. The Labute approximate surface area is 210 Å². The van der Waals surface area contributed by atoms with Gasteiger partial charge in [-0.25, -0.2) is 14.2 Å². The van der Waals surface area contributed by atoms with E-state index in [2.05, 4.69) is 10.3 Å². The number of aliphatic imine (C=N–C) groups is 1. The maximum absolute atomic E-state index is 13.4. The number of nitrogens with one attached hydrogen (secondary N) is 1. The summed E-state index contributed by atoms with van der Waals surface area (Å²) in [5.74, 6) is -1.49. The molecule has 0 radical (unpaired) electrons. The van der Waals surface area contributed by atoms with E-state index >= 15 is 0 Å². The highest BCUT2D eigenvalue weighted by atomic mass is 32.2. The van der Waals surface area contributed by atoms with Crippen molar-refractivity contribution in [1.82, 2.24) is 4.90 Å². The first-order chi connectivity index (χ1) is 17.3. The van der Waals surface area contributed by atoms with Gasteiger partial charge in [0, 0.05) is 12.1 Å². The summed E-state index contributed by atoms with van der Waals surface area (Å²) in [6, 6.07) is 18.5. The van der Waals surface area contributed by atoms with E-state index in [0.717, 1.165) is 17.3 Å². The Balaban J connectivity index is 1.56. The summed E-state index contributed by atoms with van der Waals surface area (Å²) < 4.78 is 18.6. The minimum atomic E-state index is -1.07. The quantitative estimate of drug-likeness (QED) is 0.480. The number of nitrogens with zero attached hydrogens (tertiary/aromatic N) is 2. The van der Waals surface area contributed by atoms with Crippen LogP contribution in [0.25, 0.3) is 0 Å². The van der Waals surface area contributed by atoms with Crippen LogP contribution in [0.1, 0.15) is 22.3 Å². The van der Waals surface area contributed by atoms with E-state index in [4.69, 9.17) is 9.84 Å². The number of halogens is 1. The van der Waals surface area contributed by atoms with E-state index in [1.165, 1.54) is 53.4 Å². The van der Waals surface area contributed by atoms with Crippen LogP contribution in [0.4, 0.5) is 15.8 Å². The first-order valence-corrected chi connectivity index (χ1v) is 11.8. The van der Waals surface area contributed by atoms with Crippen molar-refractivity contribution in [3.05, 3.63) is 89.7 Å². The van der Waals surface area contributed by atoms with Crippen LogP contribution >= 0.6 is 11.8 Å². The lowest BCUT2D eigenvalue weighted by atomic mass is 10.1. The number of carbonyl (C=O) groups excluding carboxylic acids is 2. The number of anilines is 1. The average molecular weight is 508 g/mol. The normalized spacial score (nSPS) is 16.6. The summed E-state index contributed by atoms with van der Waals surface area (Å²) in [5.41, 5.74) is 1.79. The third-order valence-corrected chi connectivity index (χ3v) is 6.57. The number of rotatable bonds is 7. The molecule has 0 aliphatic carbocycles. The van der Waals surface area contributed by atoms with E-state index in [0.29, 0.717) is 22.3 Å². The number of thioether (sulfide) groups is 1. The smallest absolute Gasteiger partial charge is 0.335 e. The second-order valence-electron chi connectivity index (χ2n) is 7.88. The van der Waals surface area contributed by atoms with Gasteiger partial charge in [0.25, 0.3) is 0 Å². The number of hydrogen-bond donors (Lipinski definition) is 2. The molecule has 8 nitrogen and oxygen atoms in total. The Bertz CT molecular complexity index is 1290. The molecule has 0 spiro atoms. The molecular formula is C26H22FN3O5S. The van der Waals surface area contributed by atoms with Gasteiger partial charge < -0.3 is 15.2 Å². The lowest BCUT2D eigenvalue weighted by molar-refractivity contribution is -0.129. The molecule has 1 atom stereocenters. The zero-order valence-electron chi connectivity index (χ0n) is 19.2. The number of carboxylic acids is 1. The number of carbonyl (C=O) groups is 3. The maximum atomic E-state index is 13.4. The van der Waals surface area contributed by atoms with E-state index in [1.807, 2.05) is 12.1 Å². The third-order valence-electron chi connectivity index (χ3n) is 5.38. The summed E-state index contributed by atoms with van der Waals surface area (Å²) in [4.78, 5) is 43.2. The molecule has 2 N–H and O–H groups in total. The molecule has 4 rings (SSSR count). The Morgan fingerprint density at radius 2 is 1.75 bits per heavy atom. The molecule has 10 heteroatoms. The van der Waals surface area contributed by atoms with Crippen molar-refractivity contribution in [1.29, 1.82) is 0 Å². The number of ether oxygens (including phenoxy) is 1. The topological polar surface area (TPSA) is 108 Å². The number of benzene rings is 3. The summed E-state index contributed by atoms with van der Waals surface area (Å²) >= 11 is 1.14. The van der Waals surface area contributed by atoms with E-state index < -0.39 is 22.9 Å². The van der Waals surface area contributed by atoms with Crippen LogP contribution in [0.5, 0.6) is 5.75 Å². The van der Waals surface area contributed by atoms with Gasteiger partial charge in [0.15, 0.2) is 5.17 Å². The minimum Gasteiger partial charge on any atom is -0.497 e. The predicted molar refractivity (Wildman–Crippen MR) is 135 cm³/mol. The van der Waals surface area contributed by atoms with Gasteiger partial charge in [0.2, 0.25) is 11.8 Å². The van der Waals surface area contributed by atoms with Crippen LogP contribution in [-0.2, 0) is 16.1 Å². The number of aromatic carboxylic acids is 1. The zero-order valence-corrected chi connectivity index (χ0v) is 20.0. The first-order valence-electron chi connectivity index (χ1n) is 10.9. The molecule has 0 saturated carbocycles. The molecular weight excluding hydrogens is 485 g/mol. The Morgan fingerprint density at radius 3 is 2.36 bits per heavy atom. The fraction of sp³-hybridized carbons (Fsp3) is 0.154. The van der Waals surface area contributed by atoms with Crippen LogP contribution in [0.2, 0.25) is 0 Å². The zero-order chi connectivity index (χ0) is 25.7. The maximum Gasteiger partial charge on any atom is 0.335 e. The second-order valence-corrected chi connectivity index (χ2v) is 9.05. The highest BCUT2D eigenvalue weighted by Gasteiger charge is 2.36. The molecule has 1 heterocycles. The lowest BCUT2D eigenvalue weighted by Crippen LogP contribution is -2.44. The third kappa shape index (κ3) is 6.08. The van der Waals surface area contributed by atoms with E-state index in [-0.39, 0.29) is 24.4 Å². The van der Waals surface area contributed by atoms with Gasteiger partial charge >= 0.3 is 5.97 Å². The Kier molecular flexibility index (Phi) is 7.65. The Morgan fingerprint density at radius 1 is 1.08 bits per heavy atom. The highest BCUT2D eigenvalue weighted by Crippen LogP contribution is 2.31. The van der Waals surface area contributed by atoms with Crippen LogP contribution in [0, 0.1) is 5.82 Å². The molecule has 0 aromatic heterocycles. The number of amidine groups is 1. The van der Waals surface area contributed by atoms with Crippen LogP contribution in [0.3, 0.4) is 0 Å². The Hall–Kier alpha value is -4.18. The summed E-state index contributed by atoms with van der Waals surface area (Å²) in [7, 11) is 1.57. The molecule has 1 aliphatic rings. The molecule has 3 aromatic carbocycles. The van der Waals surface area contributed by atoms with Crippen molar-refractivity contribution in [2.45, 2.75) is 18.2 Å².